The highest BCUT2D eigenvalue weighted by Gasteiger charge is 2.38. The van der Waals surface area contributed by atoms with Crippen molar-refractivity contribution in [3.63, 3.8) is 0 Å². The van der Waals surface area contributed by atoms with Gasteiger partial charge in [-0.3, -0.25) is 4.79 Å². The minimum atomic E-state index is 0.0642. The minimum absolute atomic E-state index is 0.0642. The van der Waals surface area contributed by atoms with Crippen LogP contribution in [-0.4, -0.2) is 37.0 Å². The first-order chi connectivity index (χ1) is 9.72. The van der Waals surface area contributed by atoms with Crippen LogP contribution in [0.1, 0.15) is 48.9 Å². The Bertz CT molecular complexity index is 469. The summed E-state index contributed by atoms with van der Waals surface area (Å²) in [6, 6.07) is 3.73. The molecule has 2 aliphatic heterocycles. The van der Waals surface area contributed by atoms with Crippen LogP contribution in [0.15, 0.2) is 16.5 Å². The molecule has 1 aromatic rings. The van der Waals surface area contributed by atoms with Crippen LogP contribution in [0.4, 0.5) is 0 Å². The summed E-state index contributed by atoms with van der Waals surface area (Å²) in [5, 5.41) is 3.50. The van der Waals surface area contributed by atoms with Crippen molar-refractivity contribution in [2.24, 2.45) is 5.41 Å². The molecule has 110 valence electrons. The molecule has 4 nitrogen and oxygen atoms in total. The summed E-state index contributed by atoms with van der Waals surface area (Å²) in [7, 11) is 0. The second kappa shape index (κ2) is 5.60. The lowest BCUT2D eigenvalue weighted by Gasteiger charge is -2.45. The van der Waals surface area contributed by atoms with E-state index in [0.717, 1.165) is 44.8 Å². The van der Waals surface area contributed by atoms with E-state index < -0.39 is 0 Å². The summed E-state index contributed by atoms with van der Waals surface area (Å²) in [6.07, 6.45) is 5.64. The van der Waals surface area contributed by atoms with Gasteiger partial charge in [0, 0.05) is 31.5 Å². The number of furan rings is 1. The van der Waals surface area contributed by atoms with Gasteiger partial charge in [0.1, 0.15) is 5.76 Å². The van der Waals surface area contributed by atoms with Crippen molar-refractivity contribution in [2.45, 2.75) is 39.0 Å². The molecular formula is C16H24N2O2. The Labute approximate surface area is 120 Å². The van der Waals surface area contributed by atoms with E-state index in [-0.39, 0.29) is 5.91 Å². The Morgan fingerprint density at radius 2 is 2.25 bits per heavy atom. The van der Waals surface area contributed by atoms with Crippen molar-refractivity contribution >= 4 is 5.91 Å². The Hall–Kier alpha value is -1.29. The van der Waals surface area contributed by atoms with E-state index in [1.54, 1.807) is 0 Å². The fourth-order valence-corrected chi connectivity index (χ4v) is 3.60. The zero-order valence-electron chi connectivity index (χ0n) is 12.3. The van der Waals surface area contributed by atoms with Crippen molar-refractivity contribution in [1.82, 2.24) is 10.2 Å². The number of piperidine rings is 2. The van der Waals surface area contributed by atoms with Gasteiger partial charge in [-0.1, -0.05) is 6.92 Å². The van der Waals surface area contributed by atoms with Gasteiger partial charge in [0.15, 0.2) is 5.76 Å². The van der Waals surface area contributed by atoms with E-state index in [1.165, 1.54) is 19.3 Å². The monoisotopic (exact) mass is 276 g/mol. The standard InChI is InChI=1S/C16H24N2O2/c1-2-13-5-6-14(20-13)15(19)18-10-4-8-16(12-18)7-3-9-17-11-16/h5-6,17H,2-4,7-12H2,1H3. The summed E-state index contributed by atoms with van der Waals surface area (Å²) in [4.78, 5) is 14.6. The number of carbonyl (C=O) groups is 1. The van der Waals surface area contributed by atoms with Gasteiger partial charge in [0.05, 0.1) is 0 Å². The Morgan fingerprint density at radius 1 is 1.40 bits per heavy atom. The molecule has 0 radical (unpaired) electrons. The third kappa shape index (κ3) is 2.62. The van der Waals surface area contributed by atoms with Crippen molar-refractivity contribution < 1.29 is 9.21 Å². The molecule has 20 heavy (non-hydrogen) atoms. The summed E-state index contributed by atoms with van der Waals surface area (Å²) in [5.74, 6) is 1.46. The van der Waals surface area contributed by atoms with Crippen molar-refractivity contribution in [1.29, 1.82) is 0 Å². The normalized spacial score (nSPS) is 26.9. The average Bonchev–Trinajstić information content (AvgIpc) is 2.96. The van der Waals surface area contributed by atoms with Crippen LogP contribution >= 0.6 is 0 Å². The van der Waals surface area contributed by atoms with Gasteiger partial charge in [-0.05, 0) is 44.4 Å². The number of rotatable bonds is 2. The van der Waals surface area contributed by atoms with Gasteiger partial charge in [-0.25, -0.2) is 0 Å². The fraction of sp³-hybridized carbons (Fsp3) is 0.688. The van der Waals surface area contributed by atoms with Crippen molar-refractivity contribution in [3.05, 3.63) is 23.7 Å². The molecule has 2 aliphatic rings. The molecule has 0 saturated carbocycles. The molecule has 3 heterocycles. The van der Waals surface area contributed by atoms with E-state index in [2.05, 4.69) is 5.32 Å². The lowest BCUT2D eigenvalue weighted by molar-refractivity contribution is 0.0407. The smallest absolute Gasteiger partial charge is 0.289 e. The summed E-state index contributed by atoms with van der Waals surface area (Å²) in [5.41, 5.74) is 0.298. The van der Waals surface area contributed by atoms with Gasteiger partial charge in [0.2, 0.25) is 0 Å². The largest absolute Gasteiger partial charge is 0.456 e. The number of aryl methyl sites for hydroxylation is 1. The van der Waals surface area contributed by atoms with E-state index in [4.69, 9.17) is 4.42 Å². The summed E-state index contributed by atoms with van der Waals surface area (Å²) >= 11 is 0. The lowest BCUT2D eigenvalue weighted by Crippen LogP contribution is -2.52. The fourth-order valence-electron chi connectivity index (χ4n) is 3.60. The number of carbonyl (C=O) groups excluding carboxylic acids is 1. The van der Waals surface area contributed by atoms with Crippen LogP contribution in [0.3, 0.4) is 0 Å². The zero-order valence-corrected chi connectivity index (χ0v) is 12.3. The predicted molar refractivity (Wildman–Crippen MR) is 77.8 cm³/mol. The SMILES string of the molecule is CCc1ccc(C(=O)N2CCCC3(CCCNC3)C2)o1. The molecular weight excluding hydrogens is 252 g/mol. The molecule has 1 unspecified atom stereocenters. The first-order valence-electron chi connectivity index (χ1n) is 7.81. The van der Waals surface area contributed by atoms with Crippen molar-refractivity contribution in [3.8, 4) is 0 Å². The molecule has 2 saturated heterocycles. The maximum Gasteiger partial charge on any atom is 0.289 e. The van der Waals surface area contributed by atoms with Gasteiger partial charge < -0.3 is 14.6 Å². The quantitative estimate of drug-likeness (QED) is 0.902. The number of hydrogen-bond donors (Lipinski definition) is 1. The van der Waals surface area contributed by atoms with Crippen LogP contribution in [0.25, 0.3) is 0 Å². The van der Waals surface area contributed by atoms with Gasteiger partial charge in [-0.15, -0.1) is 0 Å². The van der Waals surface area contributed by atoms with Crippen LogP contribution in [0, 0.1) is 5.41 Å². The molecule has 1 amide bonds. The third-order valence-corrected chi connectivity index (χ3v) is 4.73. The number of nitrogens with one attached hydrogen (secondary N) is 1. The molecule has 1 atom stereocenters. The predicted octanol–water partition coefficient (Wildman–Crippen LogP) is 2.45. The van der Waals surface area contributed by atoms with E-state index in [9.17, 15) is 4.79 Å². The lowest BCUT2D eigenvalue weighted by atomic mass is 9.74. The summed E-state index contributed by atoms with van der Waals surface area (Å²) < 4.78 is 5.62. The molecule has 1 spiro atoms. The van der Waals surface area contributed by atoms with E-state index >= 15 is 0 Å². The van der Waals surface area contributed by atoms with E-state index in [0.29, 0.717) is 11.2 Å². The number of likely N-dealkylation sites (tertiary alicyclic amines) is 1. The molecule has 3 rings (SSSR count). The maximum atomic E-state index is 12.6. The highest BCUT2D eigenvalue weighted by atomic mass is 16.4. The average molecular weight is 276 g/mol. The molecule has 1 N–H and O–H groups in total. The molecule has 0 bridgehead atoms. The number of hydrogen-bond acceptors (Lipinski definition) is 3. The number of nitrogens with zero attached hydrogens (tertiary/aromatic N) is 1. The van der Waals surface area contributed by atoms with Crippen LogP contribution in [0.5, 0.6) is 0 Å². The summed E-state index contributed by atoms with van der Waals surface area (Å²) in [6.45, 7) is 5.95. The second-order valence-electron chi connectivity index (χ2n) is 6.23. The molecule has 0 aliphatic carbocycles. The van der Waals surface area contributed by atoms with Gasteiger partial charge in [0.25, 0.3) is 5.91 Å². The molecule has 1 aromatic heterocycles. The topological polar surface area (TPSA) is 45.5 Å². The minimum Gasteiger partial charge on any atom is -0.456 e. The van der Waals surface area contributed by atoms with Crippen LogP contribution in [-0.2, 0) is 6.42 Å². The van der Waals surface area contributed by atoms with Crippen LogP contribution < -0.4 is 5.32 Å². The van der Waals surface area contributed by atoms with E-state index in [1.807, 2.05) is 24.0 Å². The van der Waals surface area contributed by atoms with Crippen molar-refractivity contribution in [2.75, 3.05) is 26.2 Å². The first kappa shape index (κ1) is 13.7. The Kier molecular flexibility index (Phi) is 3.83. The molecule has 4 heteroatoms. The Morgan fingerprint density at radius 3 is 2.95 bits per heavy atom. The molecule has 2 fully saturated rings. The maximum absolute atomic E-state index is 12.6. The molecule has 0 aromatic carbocycles. The first-order valence-corrected chi connectivity index (χ1v) is 7.81. The highest BCUT2D eigenvalue weighted by Crippen LogP contribution is 2.36. The number of amides is 1. The highest BCUT2D eigenvalue weighted by molar-refractivity contribution is 5.91. The third-order valence-electron chi connectivity index (χ3n) is 4.73. The second-order valence-corrected chi connectivity index (χ2v) is 6.23. The Balaban J connectivity index is 1.71. The van der Waals surface area contributed by atoms with Gasteiger partial charge in [-0.2, -0.15) is 0 Å². The van der Waals surface area contributed by atoms with Gasteiger partial charge >= 0.3 is 0 Å². The van der Waals surface area contributed by atoms with Crippen LogP contribution in [0.2, 0.25) is 0 Å². The zero-order chi connectivity index (χ0) is 14.0.